The summed E-state index contributed by atoms with van der Waals surface area (Å²) in [5.74, 6) is -0.237. The predicted octanol–water partition coefficient (Wildman–Crippen LogP) is 1.22. The topological polar surface area (TPSA) is 134 Å². The molecule has 2 aromatic carbocycles. The first-order chi connectivity index (χ1) is 12.1. The molecule has 0 aliphatic heterocycles. The van der Waals surface area contributed by atoms with E-state index in [0.717, 1.165) is 0 Å². The molecule has 0 aliphatic carbocycles. The molecule has 0 amide bonds. The van der Waals surface area contributed by atoms with Gasteiger partial charge in [0.05, 0.1) is 0 Å². The molecule has 2 atom stereocenters. The van der Waals surface area contributed by atoms with Gasteiger partial charge in [-0.15, -0.1) is 0 Å². The van der Waals surface area contributed by atoms with E-state index in [0.29, 0.717) is 11.1 Å². The summed E-state index contributed by atoms with van der Waals surface area (Å²) >= 11 is 0. The number of aliphatic hydroxyl groups is 2. The summed E-state index contributed by atoms with van der Waals surface area (Å²) in [4.78, 5) is 13.0. The smallest absolute Gasteiger partial charge is 0.236 e. The van der Waals surface area contributed by atoms with Crippen LogP contribution in [0.5, 0.6) is 0 Å². The third-order valence-corrected chi connectivity index (χ3v) is 3.61. The molecular weight excluding hydrogens is 320 g/mol. The summed E-state index contributed by atoms with van der Waals surface area (Å²) in [7, 11) is 0. The van der Waals surface area contributed by atoms with Crippen molar-refractivity contribution in [2.45, 2.75) is 12.5 Å². The average molecular weight is 338 g/mol. The predicted molar refractivity (Wildman–Crippen MR) is 93.9 cm³/mol. The molecule has 0 saturated heterocycles. The van der Waals surface area contributed by atoms with E-state index in [4.69, 9.17) is 11.5 Å². The van der Waals surface area contributed by atoms with E-state index in [2.05, 4.69) is 15.0 Å². The van der Waals surface area contributed by atoms with Gasteiger partial charge in [-0.05, 0) is 0 Å². The first-order valence-electron chi connectivity index (χ1n) is 7.57. The number of benzene rings is 2. The molecule has 3 aromatic rings. The molecular formula is C17H18N6O2. The number of nitrogen functional groups attached to an aromatic ring is 2. The van der Waals surface area contributed by atoms with Crippen LogP contribution < -0.4 is 16.4 Å². The number of anilines is 3. The van der Waals surface area contributed by atoms with Crippen LogP contribution in [-0.4, -0.2) is 25.2 Å². The number of rotatable bonds is 5. The maximum Gasteiger partial charge on any atom is 0.236 e. The second-order valence-corrected chi connectivity index (χ2v) is 5.33. The van der Waals surface area contributed by atoms with Crippen LogP contribution in [0.4, 0.5) is 17.8 Å². The molecule has 0 bridgehead atoms. The Hall–Kier alpha value is -3.23. The summed E-state index contributed by atoms with van der Waals surface area (Å²) in [6, 6.07) is 17.7. The largest absolute Gasteiger partial charge is 0.369 e. The van der Waals surface area contributed by atoms with Crippen LogP contribution in [0.15, 0.2) is 60.7 Å². The van der Waals surface area contributed by atoms with E-state index in [-0.39, 0.29) is 17.8 Å². The van der Waals surface area contributed by atoms with Gasteiger partial charge in [-0.1, -0.05) is 60.7 Å². The van der Waals surface area contributed by atoms with E-state index in [9.17, 15) is 10.2 Å². The van der Waals surface area contributed by atoms with E-state index < -0.39 is 12.5 Å². The standard InChI is InChI=1S/C17H18N6O2/c18-15-20-16(19)22-17(21-15)23(13(24)11-7-3-1-4-8-11)14(25)12-9-5-2-6-10-12/h1-10,13-14,24-25H,(H4,18,19,20,21,22). The number of hydrogen-bond donors (Lipinski definition) is 4. The summed E-state index contributed by atoms with van der Waals surface area (Å²) in [6.45, 7) is 0. The van der Waals surface area contributed by atoms with Crippen molar-refractivity contribution < 1.29 is 10.2 Å². The zero-order valence-corrected chi connectivity index (χ0v) is 13.3. The number of aliphatic hydroxyl groups excluding tert-OH is 2. The molecule has 128 valence electrons. The molecule has 6 N–H and O–H groups in total. The Labute approximate surface area is 144 Å². The fourth-order valence-electron chi connectivity index (χ4n) is 2.44. The minimum absolute atomic E-state index is 0.0299. The van der Waals surface area contributed by atoms with E-state index in [1.54, 1.807) is 48.5 Å². The normalized spacial score (nSPS) is 13.2. The third-order valence-electron chi connectivity index (χ3n) is 3.61. The lowest BCUT2D eigenvalue weighted by Gasteiger charge is -2.32. The lowest BCUT2D eigenvalue weighted by Crippen LogP contribution is -2.34. The van der Waals surface area contributed by atoms with Crippen molar-refractivity contribution in [2.24, 2.45) is 0 Å². The SMILES string of the molecule is Nc1nc(N)nc(N(C(O)c2ccccc2)C(O)c2ccccc2)n1. The van der Waals surface area contributed by atoms with Gasteiger partial charge in [-0.2, -0.15) is 15.0 Å². The van der Waals surface area contributed by atoms with E-state index in [1.165, 1.54) is 4.90 Å². The second kappa shape index (κ2) is 7.12. The van der Waals surface area contributed by atoms with Crippen molar-refractivity contribution in [2.75, 3.05) is 16.4 Å². The Kier molecular flexibility index (Phi) is 4.73. The molecule has 0 spiro atoms. The Morgan fingerprint density at radius 3 is 1.48 bits per heavy atom. The van der Waals surface area contributed by atoms with Crippen molar-refractivity contribution in [1.29, 1.82) is 0 Å². The van der Waals surface area contributed by atoms with Crippen LogP contribution in [0.3, 0.4) is 0 Å². The Bertz CT molecular complexity index is 765. The molecule has 0 aliphatic rings. The molecule has 0 saturated carbocycles. The Morgan fingerprint density at radius 1 is 0.680 bits per heavy atom. The van der Waals surface area contributed by atoms with Crippen molar-refractivity contribution in [3.63, 3.8) is 0 Å². The maximum absolute atomic E-state index is 10.8. The molecule has 2 unspecified atom stereocenters. The minimum Gasteiger partial charge on any atom is -0.369 e. The van der Waals surface area contributed by atoms with Gasteiger partial charge in [0, 0.05) is 11.1 Å². The molecule has 1 heterocycles. The summed E-state index contributed by atoms with van der Waals surface area (Å²) in [5.41, 5.74) is 12.4. The molecule has 3 rings (SSSR count). The van der Waals surface area contributed by atoms with Crippen molar-refractivity contribution in [1.82, 2.24) is 15.0 Å². The lowest BCUT2D eigenvalue weighted by molar-refractivity contribution is 0.0816. The molecule has 0 radical (unpaired) electrons. The van der Waals surface area contributed by atoms with Crippen LogP contribution in [-0.2, 0) is 0 Å². The fourth-order valence-corrected chi connectivity index (χ4v) is 2.44. The zero-order chi connectivity index (χ0) is 17.8. The summed E-state index contributed by atoms with van der Waals surface area (Å²) in [5, 5.41) is 21.7. The van der Waals surface area contributed by atoms with Crippen molar-refractivity contribution >= 4 is 17.8 Å². The van der Waals surface area contributed by atoms with Gasteiger partial charge in [0.15, 0.2) is 12.5 Å². The molecule has 1 aromatic heterocycles. The lowest BCUT2D eigenvalue weighted by atomic mass is 10.1. The highest BCUT2D eigenvalue weighted by molar-refractivity contribution is 5.44. The molecule has 0 fully saturated rings. The van der Waals surface area contributed by atoms with Crippen LogP contribution in [0, 0.1) is 0 Å². The van der Waals surface area contributed by atoms with Gasteiger partial charge in [-0.25, -0.2) is 0 Å². The number of nitrogens with zero attached hydrogens (tertiary/aromatic N) is 4. The van der Waals surface area contributed by atoms with Gasteiger partial charge in [0.2, 0.25) is 17.8 Å². The van der Waals surface area contributed by atoms with Crippen LogP contribution in [0.25, 0.3) is 0 Å². The van der Waals surface area contributed by atoms with Gasteiger partial charge in [-0.3, -0.25) is 4.90 Å². The maximum atomic E-state index is 10.8. The fraction of sp³-hybridized carbons (Fsp3) is 0.118. The zero-order valence-electron chi connectivity index (χ0n) is 13.3. The average Bonchev–Trinajstić information content (AvgIpc) is 2.62. The molecule has 8 nitrogen and oxygen atoms in total. The van der Waals surface area contributed by atoms with E-state index in [1.807, 2.05) is 12.1 Å². The van der Waals surface area contributed by atoms with Crippen molar-refractivity contribution in [3.05, 3.63) is 71.8 Å². The van der Waals surface area contributed by atoms with E-state index >= 15 is 0 Å². The van der Waals surface area contributed by atoms with Crippen molar-refractivity contribution in [3.8, 4) is 0 Å². The summed E-state index contributed by atoms with van der Waals surface area (Å²) < 4.78 is 0. The molecule has 25 heavy (non-hydrogen) atoms. The second-order valence-electron chi connectivity index (χ2n) is 5.33. The van der Waals surface area contributed by atoms with Crippen LogP contribution in [0.2, 0.25) is 0 Å². The highest BCUT2D eigenvalue weighted by Gasteiger charge is 2.29. The first-order valence-corrected chi connectivity index (χ1v) is 7.57. The van der Waals surface area contributed by atoms with Crippen LogP contribution >= 0.6 is 0 Å². The van der Waals surface area contributed by atoms with Gasteiger partial charge in [0.1, 0.15) is 0 Å². The highest BCUT2D eigenvalue weighted by Crippen LogP contribution is 2.31. The number of nitrogens with two attached hydrogens (primary N) is 2. The van der Waals surface area contributed by atoms with Gasteiger partial charge in [0.25, 0.3) is 0 Å². The van der Waals surface area contributed by atoms with Gasteiger partial charge >= 0.3 is 0 Å². The van der Waals surface area contributed by atoms with Gasteiger partial charge < -0.3 is 21.7 Å². The first kappa shape index (κ1) is 16.6. The minimum atomic E-state index is -1.22. The highest BCUT2D eigenvalue weighted by atomic mass is 16.3. The third kappa shape index (κ3) is 3.65. The monoisotopic (exact) mass is 338 g/mol. The van der Waals surface area contributed by atoms with Crippen LogP contribution in [0.1, 0.15) is 23.6 Å². The Balaban J connectivity index is 2.07. The number of hydrogen-bond acceptors (Lipinski definition) is 8. The number of aromatic nitrogens is 3. The Morgan fingerprint density at radius 2 is 1.08 bits per heavy atom. The quantitative estimate of drug-likeness (QED) is 0.510. The molecule has 8 heteroatoms. The summed E-state index contributed by atoms with van der Waals surface area (Å²) in [6.07, 6.45) is -2.45.